The molecule has 0 aromatic heterocycles. The van der Waals surface area contributed by atoms with Crippen LogP contribution in [0.4, 0.5) is 0 Å². The van der Waals surface area contributed by atoms with Crippen LogP contribution in [0.2, 0.25) is 0 Å². The van der Waals surface area contributed by atoms with Crippen molar-refractivity contribution in [2.75, 3.05) is 19.3 Å². The number of carbonyl (C=O) groups excluding carboxylic acids is 1. The molecular formula is C12H21N3O3S. The average molecular weight is 287 g/mol. The summed E-state index contributed by atoms with van der Waals surface area (Å²) in [6, 6.07) is 1.75. The number of sulfonamides is 1. The molecule has 0 aliphatic heterocycles. The van der Waals surface area contributed by atoms with Crippen LogP contribution in [0.3, 0.4) is 0 Å². The Labute approximate surface area is 114 Å². The van der Waals surface area contributed by atoms with Crippen molar-refractivity contribution in [3.63, 3.8) is 0 Å². The number of nitriles is 1. The first-order valence-electron chi connectivity index (χ1n) is 6.45. The van der Waals surface area contributed by atoms with Crippen molar-refractivity contribution in [3.8, 4) is 6.07 Å². The predicted octanol–water partition coefficient (Wildman–Crippen LogP) is 0.466. The molecule has 1 aliphatic carbocycles. The van der Waals surface area contributed by atoms with Crippen LogP contribution < -0.4 is 4.72 Å². The molecule has 1 aliphatic rings. The third-order valence-electron chi connectivity index (χ3n) is 3.41. The molecule has 7 heteroatoms. The lowest BCUT2D eigenvalue weighted by Gasteiger charge is -2.26. The monoisotopic (exact) mass is 287 g/mol. The molecular weight excluding hydrogens is 266 g/mol. The van der Waals surface area contributed by atoms with E-state index < -0.39 is 21.7 Å². The van der Waals surface area contributed by atoms with Gasteiger partial charge in [-0.15, -0.1) is 0 Å². The Kier molecular flexibility index (Phi) is 5.76. The fourth-order valence-electron chi connectivity index (χ4n) is 2.14. The standard InChI is InChI=1S/C12H21N3O3S/c1-10-3-5-11(6-4-10)14-19(17,18)9-12(16)15(2)8-7-13/h10-11,14H,3-6,8-9H2,1-2H3. The first-order chi connectivity index (χ1) is 8.84. The highest BCUT2D eigenvalue weighted by atomic mass is 32.2. The summed E-state index contributed by atoms with van der Waals surface area (Å²) in [4.78, 5) is 12.7. The molecule has 0 atom stereocenters. The topological polar surface area (TPSA) is 90.3 Å². The summed E-state index contributed by atoms with van der Waals surface area (Å²) >= 11 is 0. The lowest BCUT2D eigenvalue weighted by atomic mass is 9.88. The van der Waals surface area contributed by atoms with Crippen LogP contribution in [-0.2, 0) is 14.8 Å². The Morgan fingerprint density at radius 1 is 1.37 bits per heavy atom. The molecule has 0 aromatic carbocycles. The van der Waals surface area contributed by atoms with Crippen LogP contribution >= 0.6 is 0 Å². The first-order valence-corrected chi connectivity index (χ1v) is 8.10. The third kappa shape index (κ3) is 5.57. The SMILES string of the molecule is CC1CCC(NS(=O)(=O)CC(=O)N(C)CC#N)CC1. The summed E-state index contributed by atoms with van der Waals surface area (Å²) in [5, 5.41) is 8.46. The van der Waals surface area contributed by atoms with Gasteiger partial charge in [0.1, 0.15) is 12.3 Å². The number of amides is 1. The van der Waals surface area contributed by atoms with Gasteiger partial charge in [0.2, 0.25) is 15.9 Å². The lowest BCUT2D eigenvalue weighted by Crippen LogP contribution is -2.43. The van der Waals surface area contributed by atoms with Gasteiger partial charge in [0.15, 0.2) is 0 Å². The molecule has 0 unspecified atom stereocenters. The van der Waals surface area contributed by atoms with Crippen LogP contribution in [0.15, 0.2) is 0 Å². The van der Waals surface area contributed by atoms with Crippen molar-refractivity contribution >= 4 is 15.9 Å². The van der Waals surface area contributed by atoms with Crippen LogP contribution in [0.5, 0.6) is 0 Å². The van der Waals surface area contributed by atoms with Gasteiger partial charge in [-0.2, -0.15) is 5.26 Å². The van der Waals surface area contributed by atoms with Crippen LogP contribution in [-0.4, -0.2) is 44.6 Å². The Morgan fingerprint density at radius 2 is 1.95 bits per heavy atom. The Balaban J connectivity index is 2.48. The summed E-state index contributed by atoms with van der Waals surface area (Å²) in [7, 11) is -2.19. The van der Waals surface area contributed by atoms with Crippen molar-refractivity contribution in [2.45, 2.75) is 38.6 Å². The Morgan fingerprint density at radius 3 is 2.47 bits per heavy atom. The largest absolute Gasteiger partial charge is 0.332 e. The maximum atomic E-state index is 11.9. The molecule has 1 amide bonds. The van der Waals surface area contributed by atoms with E-state index in [-0.39, 0.29) is 12.6 Å². The molecule has 0 radical (unpaired) electrons. The molecule has 1 N–H and O–H groups in total. The van der Waals surface area contributed by atoms with E-state index in [0.29, 0.717) is 5.92 Å². The molecule has 0 saturated heterocycles. The second-order valence-corrected chi connectivity index (χ2v) is 7.00. The fraction of sp³-hybridized carbons (Fsp3) is 0.833. The molecule has 1 saturated carbocycles. The van der Waals surface area contributed by atoms with Gasteiger partial charge in [0.05, 0.1) is 6.07 Å². The van der Waals surface area contributed by atoms with Crippen molar-refractivity contribution < 1.29 is 13.2 Å². The van der Waals surface area contributed by atoms with Gasteiger partial charge in [-0.05, 0) is 31.6 Å². The van der Waals surface area contributed by atoms with Crippen LogP contribution in [0.1, 0.15) is 32.6 Å². The molecule has 0 spiro atoms. The normalized spacial score (nSPS) is 23.6. The van der Waals surface area contributed by atoms with Gasteiger partial charge in [-0.1, -0.05) is 6.92 Å². The maximum absolute atomic E-state index is 11.9. The summed E-state index contributed by atoms with van der Waals surface area (Å²) < 4.78 is 26.3. The molecule has 108 valence electrons. The van der Waals surface area contributed by atoms with E-state index in [1.54, 1.807) is 0 Å². The minimum Gasteiger partial charge on any atom is -0.332 e. The van der Waals surface area contributed by atoms with Gasteiger partial charge in [-0.3, -0.25) is 4.79 Å². The minimum absolute atomic E-state index is 0.0599. The molecule has 19 heavy (non-hydrogen) atoms. The number of rotatable bonds is 5. The number of hydrogen-bond acceptors (Lipinski definition) is 4. The van der Waals surface area contributed by atoms with Gasteiger partial charge in [0, 0.05) is 13.1 Å². The molecule has 1 fully saturated rings. The highest BCUT2D eigenvalue weighted by Crippen LogP contribution is 2.23. The summed E-state index contributed by atoms with van der Waals surface area (Å²) in [6.07, 6.45) is 3.66. The Bertz CT molecular complexity index is 447. The lowest BCUT2D eigenvalue weighted by molar-refractivity contribution is -0.126. The van der Waals surface area contributed by atoms with Gasteiger partial charge in [0.25, 0.3) is 0 Å². The zero-order valence-corrected chi connectivity index (χ0v) is 12.2. The smallest absolute Gasteiger partial charge is 0.239 e. The molecule has 0 aromatic rings. The molecule has 0 heterocycles. The zero-order chi connectivity index (χ0) is 14.5. The van der Waals surface area contributed by atoms with E-state index in [0.717, 1.165) is 30.6 Å². The van der Waals surface area contributed by atoms with Crippen LogP contribution in [0.25, 0.3) is 0 Å². The molecule has 6 nitrogen and oxygen atoms in total. The predicted molar refractivity (Wildman–Crippen MR) is 71.6 cm³/mol. The van der Waals surface area contributed by atoms with Gasteiger partial charge < -0.3 is 4.90 Å². The molecule has 1 rings (SSSR count). The second kappa shape index (κ2) is 6.87. The van der Waals surface area contributed by atoms with Crippen molar-refractivity contribution in [3.05, 3.63) is 0 Å². The number of hydrogen-bond donors (Lipinski definition) is 1. The highest BCUT2D eigenvalue weighted by Gasteiger charge is 2.25. The fourth-order valence-corrected chi connectivity index (χ4v) is 3.51. The minimum atomic E-state index is -3.61. The first kappa shape index (κ1) is 15.9. The third-order valence-corrected chi connectivity index (χ3v) is 4.73. The number of carbonyl (C=O) groups is 1. The van der Waals surface area contributed by atoms with E-state index in [1.165, 1.54) is 7.05 Å². The quantitative estimate of drug-likeness (QED) is 0.744. The highest BCUT2D eigenvalue weighted by molar-refractivity contribution is 7.90. The Hall–Kier alpha value is -1.13. The zero-order valence-electron chi connectivity index (χ0n) is 11.4. The number of nitrogens with one attached hydrogen (secondary N) is 1. The second-order valence-electron chi connectivity index (χ2n) is 5.24. The van der Waals surface area contributed by atoms with Crippen molar-refractivity contribution in [1.29, 1.82) is 5.26 Å². The van der Waals surface area contributed by atoms with Gasteiger partial charge in [-0.25, -0.2) is 13.1 Å². The average Bonchev–Trinajstić information content (AvgIpc) is 2.31. The molecule has 0 bridgehead atoms. The van der Waals surface area contributed by atoms with Crippen LogP contribution in [0, 0.1) is 17.2 Å². The van der Waals surface area contributed by atoms with E-state index >= 15 is 0 Å². The summed E-state index contributed by atoms with van der Waals surface area (Å²) in [5.74, 6) is -0.501. The van der Waals surface area contributed by atoms with E-state index in [1.807, 2.05) is 6.07 Å². The summed E-state index contributed by atoms with van der Waals surface area (Å²) in [6.45, 7) is 2.06. The maximum Gasteiger partial charge on any atom is 0.239 e. The van der Waals surface area contributed by atoms with Crippen molar-refractivity contribution in [2.24, 2.45) is 5.92 Å². The summed E-state index contributed by atoms with van der Waals surface area (Å²) in [5.41, 5.74) is 0. The van der Waals surface area contributed by atoms with E-state index in [9.17, 15) is 13.2 Å². The van der Waals surface area contributed by atoms with Gasteiger partial charge >= 0.3 is 0 Å². The van der Waals surface area contributed by atoms with Crippen molar-refractivity contribution in [1.82, 2.24) is 9.62 Å². The number of nitrogens with zero attached hydrogens (tertiary/aromatic N) is 2. The van der Waals surface area contributed by atoms with E-state index in [4.69, 9.17) is 5.26 Å². The van der Waals surface area contributed by atoms with E-state index in [2.05, 4.69) is 11.6 Å².